The lowest BCUT2D eigenvalue weighted by Gasteiger charge is -2.11. The number of carbonyl (C=O) groups excluding carboxylic acids is 1. The van der Waals surface area contributed by atoms with Crippen molar-refractivity contribution < 1.29 is 13.6 Å². The molecule has 3 nitrogen and oxygen atoms in total. The molecule has 0 aliphatic heterocycles. The summed E-state index contributed by atoms with van der Waals surface area (Å²) in [6.07, 6.45) is -2.21. The standard InChI is InChI=1S/C11H14F2N2O.ClH/c12-10(13)7-15-11(16)9(14)6-8-4-2-1-3-5-8;/h1-5,9-10H,6-7,14H2,(H,15,16);1H/t9-;/m0./s1. The minimum absolute atomic E-state index is 0. The Bertz CT molecular complexity index is 336. The summed E-state index contributed by atoms with van der Waals surface area (Å²) in [6.45, 7) is -0.651. The quantitative estimate of drug-likeness (QED) is 0.844. The van der Waals surface area contributed by atoms with Gasteiger partial charge in [-0.25, -0.2) is 8.78 Å². The number of nitrogens with two attached hydrogens (primary N) is 1. The number of alkyl halides is 2. The van der Waals surface area contributed by atoms with Gasteiger partial charge in [0.1, 0.15) is 0 Å². The topological polar surface area (TPSA) is 55.1 Å². The lowest BCUT2D eigenvalue weighted by atomic mass is 10.1. The molecule has 1 atom stereocenters. The van der Waals surface area contributed by atoms with Gasteiger partial charge in [-0.05, 0) is 12.0 Å². The monoisotopic (exact) mass is 264 g/mol. The molecule has 0 bridgehead atoms. The SMILES string of the molecule is Cl.N[C@@H](Cc1ccccc1)C(=O)NCC(F)F. The molecule has 0 aliphatic rings. The van der Waals surface area contributed by atoms with E-state index >= 15 is 0 Å². The van der Waals surface area contributed by atoms with Crippen molar-refractivity contribution in [3.8, 4) is 0 Å². The van der Waals surface area contributed by atoms with Crippen LogP contribution < -0.4 is 11.1 Å². The van der Waals surface area contributed by atoms with Gasteiger partial charge in [0, 0.05) is 0 Å². The first-order valence-electron chi connectivity index (χ1n) is 4.95. The molecule has 0 fully saturated rings. The van der Waals surface area contributed by atoms with E-state index in [4.69, 9.17) is 5.73 Å². The number of amides is 1. The second-order valence-corrected chi connectivity index (χ2v) is 3.43. The van der Waals surface area contributed by atoms with E-state index < -0.39 is 24.9 Å². The number of benzene rings is 1. The van der Waals surface area contributed by atoms with Crippen LogP contribution in [0.2, 0.25) is 0 Å². The van der Waals surface area contributed by atoms with E-state index in [1.54, 1.807) is 0 Å². The predicted octanol–water partition coefficient (Wildman–Crippen LogP) is 1.36. The smallest absolute Gasteiger partial charge is 0.255 e. The summed E-state index contributed by atoms with van der Waals surface area (Å²) in [7, 11) is 0. The van der Waals surface area contributed by atoms with Crippen LogP contribution in [0.5, 0.6) is 0 Å². The largest absolute Gasteiger partial charge is 0.349 e. The number of carbonyl (C=O) groups is 1. The molecular weight excluding hydrogens is 250 g/mol. The molecule has 1 rings (SSSR count). The molecule has 1 amide bonds. The zero-order valence-electron chi connectivity index (χ0n) is 9.11. The second-order valence-electron chi connectivity index (χ2n) is 3.43. The van der Waals surface area contributed by atoms with Crippen LogP contribution in [0.25, 0.3) is 0 Å². The summed E-state index contributed by atoms with van der Waals surface area (Å²) in [5, 5.41) is 2.09. The van der Waals surface area contributed by atoms with Crippen LogP contribution in [-0.4, -0.2) is 24.9 Å². The number of halogens is 3. The third-order valence-corrected chi connectivity index (χ3v) is 2.07. The van der Waals surface area contributed by atoms with Gasteiger partial charge in [0.2, 0.25) is 5.91 Å². The summed E-state index contributed by atoms with van der Waals surface area (Å²) in [5.41, 5.74) is 6.48. The highest BCUT2D eigenvalue weighted by Crippen LogP contribution is 2.01. The molecule has 0 heterocycles. The third kappa shape index (κ3) is 6.19. The molecule has 0 saturated heterocycles. The van der Waals surface area contributed by atoms with Crippen molar-refractivity contribution in [2.24, 2.45) is 5.73 Å². The average Bonchev–Trinajstić information content (AvgIpc) is 2.27. The first-order chi connectivity index (χ1) is 7.59. The first-order valence-corrected chi connectivity index (χ1v) is 4.95. The van der Waals surface area contributed by atoms with Crippen molar-refractivity contribution in [2.75, 3.05) is 6.54 Å². The third-order valence-electron chi connectivity index (χ3n) is 2.07. The number of nitrogens with one attached hydrogen (secondary N) is 1. The molecular formula is C11H15ClF2N2O. The van der Waals surface area contributed by atoms with E-state index in [9.17, 15) is 13.6 Å². The fraction of sp³-hybridized carbons (Fsp3) is 0.364. The molecule has 3 N–H and O–H groups in total. The Balaban J connectivity index is 0.00000256. The van der Waals surface area contributed by atoms with Crippen molar-refractivity contribution in [2.45, 2.75) is 18.9 Å². The van der Waals surface area contributed by atoms with Crippen molar-refractivity contribution in [1.29, 1.82) is 0 Å². The predicted molar refractivity (Wildman–Crippen MR) is 64.4 cm³/mol. The zero-order chi connectivity index (χ0) is 12.0. The van der Waals surface area contributed by atoms with Crippen molar-refractivity contribution >= 4 is 18.3 Å². The highest BCUT2D eigenvalue weighted by molar-refractivity contribution is 5.85. The molecule has 1 aromatic carbocycles. The lowest BCUT2D eigenvalue weighted by Crippen LogP contribution is -2.43. The minimum Gasteiger partial charge on any atom is -0.349 e. The molecule has 6 heteroatoms. The number of hydrogen-bond acceptors (Lipinski definition) is 2. The zero-order valence-corrected chi connectivity index (χ0v) is 9.92. The molecule has 96 valence electrons. The van der Waals surface area contributed by atoms with Gasteiger partial charge >= 0.3 is 0 Å². The van der Waals surface area contributed by atoms with Crippen LogP contribution in [0.15, 0.2) is 30.3 Å². The normalized spacial score (nSPS) is 11.8. The highest BCUT2D eigenvalue weighted by atomic mass is 35.5. The second kappa shape index (κ2) is 7.97. The molecule has 1 aromatic rings. The molecule has 0 unspecified atom stereocenters. The van der Waals surface area contributed by atoms with Crippen LogP contribution in [0.4, 0.5) is 8.78 Å². The Morgan fingerprint density at radius 1 is 1.29 bits per heavy atom. The van der Waals surface area contributed by atoms with Crippen LogP contribution in [0, 0.1) is 0 Å². The van der Waals surface area contributed by atoms with E-state index in [0.29, 0.717) is 6.42 Å². The molecule has 0 saturated carbocycles. The molecule has 0 spiro atoms. The van der Waals surface area contributed by atoms with Crippen molar-refractivity contribution in [3.63, 3.8) is 0 Å². The van der Waals surface area contributed by atoms with Crippen molar-refractivity contribution in [3.05, 3.63) is 35.9 Å². The summed E-state index contributed by atoms with van der Waals surface area (Å²) in [6, 6.07) is 8.39. The Morgan fingerprint density at radius 2 is 1.88 bits per heavy atom. The van der Waals surface area contributed by atoms with Crippen LogP contribution in [0.1, 0.15) is 5.56 Å². The summed E-state index contributed by atoms with van der Waals surface area (Å²) in [4.78, 5) is 11.3. The maximum atomic E-state index is 11.8. The Kier molecular flexibility index (Phi) is 7.41. The van der Waals surface area contributed by atoms with Gasteiger partial charge in [-0.3, -0.25) is 4.79 Å². The molecule has 0 aliphatic carbocycles. The maximum Gasteiger partial charge on any atom is 0.255 e. The lowest BCUT2D eigenvalue weighted by molar-refractivity contribution is -0.122. The first kappa shape index (κ1) is 15.8. The van der Waals surface area contributed by atoms with Gasteiger partial charge in [0.15, 0.2) is 0 Å². The van der Waals surface area contributed by atoms with E-state index in [0.717, 1.165) is 5.56 Å². The van der Waals surface area contributed by atoms with Gasteiger partial charge in [0.25, 0.3) is 6.43 Å². The fourth-order valence-corrected chi connectivity index (χ4v) is 1.27. The van der Waals surface area contributed by atoms with Gasteiger partial charge in [-0.2, -0.15) is 0 Å². The van der Waals surface area contributed by atoms with E-state index in [2.05, 4.69) is 5.32 Å². The van der Waals surface area contributed by atoms with Gasteiger partial charge in [0.05, 0.1) is 12.6 Å². The van der Waals surface area contributed by atoms with Gasteiger partial charge in [-0.1, -0.05) is 30.3 Å². The molecule has 0 radical (unpaired) electrons. The van der Waals surface area contributed by atoms with Gasteiger partial charge < -0.3 is 11.1 Å². The average molecular weight is 265 g/mol. The van der Waals surface area contributed by atoms with Crippen LogP contribution in [0.3, 0.4) is 0 Å². The summed E-state index contributed by atoms with van der Waals surface area (Å²) >= 11 is 0. The number of hydrogen-bond donors (Lipinski definition) is 2. The Hall–Kier alpha value is -1.20. The van der Waals surface area contributed by atoms with Gasteiger partial charge in [-0.15, -0.1) is 12.4 Å². The Morgan fingerprint density at radius 3 is 2.41 bits per heavy atom. The van der Waals surface area contributed by atoms with E-state index in [1.807, 2.05) is 30.3 Å². The summed E-state index contributed by atoms with van der Waals surface area (Å²) in [5.74, 6) is -0.552. The van der Waals surface area contributed by atoms with Crippen molar-refractivity contribution in [1.82, 2.24) is 5.32 Å². The maximum absolute atomic E-state index is 11.8. The van der Waals surface area contributed by atoms with Crippen LogP contribution >= 0.6 is 12.4 Å². The van der Waals surface area contributed by atoms with Crippen LogP contribution in [-0.2, 0) is 11.2 Å². The summed E-state index contributed by atoms with van der Waals surface area (Å²) < 4.78 is 23.7. The number of rotatable bonds is 5. The van der Waals surface area contributed by atoms with E-state index in [1.165, 1.54) is 0 Å². The minimum atomic E-state index is -2.55. The molecule has 17 heavy (non-hydrogen) atoms. The fourth-order valence-electron chi connectivity index (χ4n) is 1.27. The Labute approximate surface area is 105 Å². The molecule has 0 aromatic heterocycles. The van der Waals surface area contributed by atoms with E-state index in [-0.39, 0.29) is 12.4 Å². The highest BCUT2D eigenvalue weighted by Gasteiger charge is 2.15.